The Morgan fingerprint density at radius 2 is 1.73 bits per heavy atom. The SMILES string of the molecule is O=C(N[C@@H](Cc1ccccc1)C(=O)O)c1cccc(CBr)c1. The van der Waals surface area contributed by atoms with Crippen molar-refractivity contribution < 1.29 is 14.7 Å². The van der Waals surface area contributed by atoms with Gasteiger partial charge in [-0.05, 0) is 23.3 Å². The van der Waals surface area contributed by atoms with E-state index >= 15 is 0 Å². The third kappa shape index (κ3) is 4.43. The smallest absolute Gasteiger partial charge is 0.326 e. The third-order valence-corrected chi connectivity index (χ3v) is 3.88. The highest BCUT2D eigenvalue weighted by atomic mass is 79.9. The largest absolute Gasteiger partial charge is 0.480 e. The van der Waals surface area contributed by atoms with Gasteiger partial charge in [-0.3, -0.25) is 4.79 Å². The number of aliphatic carboxylic acids is 1. The van der Waals surface area contributed by atoms with Crippen LogP contribution in [-0.2, 0) is 16.5 Å². The molecule has 2 N–H and O–H groups in total. The van der Waals surface area contributed by atoms with Crippen LogP contribution in [0.5, 0.6) is 0 Å². The van der Waals surface area contributed by atoms with Crippen LogP contribution in [0.4, 0.5) is 0 Å². The summed E-state index contributed by atoms with van der Waals surface area (Å²) in [6.45, 7) is 0. The molecule has 4 nitrogen and oxygen atoms in total. The molecule has 0 aliphatic carbocycles. The predicted octanol–water partition coefficient (Wildman–Crippen LogP) is 3.01. The van der Waals surface area contributed by atoms with Gasteiger partial charge >= 0.3 is 5.97 Å². The van der Waals surface area contributed by atoms with E-state index in [4.69, 9.17) is 0 Å². The van der Waals surface area contributed by atoms with Gasteiger partial charge in [0, 0.05) is 17.3 Å². The monoisotopic (exact) mass is 361 g/mol. The molecular weight excluding hydrogens is 346 g/mol. The molecule has 0 heterocycles. The number of alkyl halides is 1. The maximum absolute atomic E-state index is 12.2. The summed E-state index contributed by atoms with van der Waals surface area (Å²) in [6, 6.07) is 15.4. The Balaban J connectivity index is 2.10. The van der Waals surface area contributed by atoms with E-state index in [0.717, 1.165) is 11.1 Å². The van der Waals surface area contributed by atoms with Crippen molar-refractivity contribution in [3.63, 3.8) is 0 Å². The number of amides is 1. The van der Waals surface area contributed by atoms with Crippen LogP contribution < -0.4 is 5.32 Å². The maximum Gasteiger partial charge on any atom is 0.326 e. The average Bonchev–Trinajstić information content (AvgIpc) is 2.55. The normalized spacial score (nSPS) is 11.7. The Labute approximate surface area is 137 Å². The zero-order chi connectivity index (χ0) is 15.9. The molecule has 0 aliphatic heterocycles. The number of carboxylic acids is 1. The van der Waals surface area contributed by atoms with Gasteiger partial charge in [0.15, 0.2) is 0 Å². The number of nitrogens with one attached hydrogen (secondary N) is 1. The number of carboxylic acid groups (broad SMARTS) is 1. The Bertz CT molecular complexity index is 658. The first-order valence-electron chi connectivity index (χ1n) is 6.82. The number of carbonyl (C=O) groups excluding carboxylic acids is 1. The highest BCUT2D eigenvalue weighted by Gasteiger charge is 2.21. The van der Waals surface area contributed by atoms with Crippen LogP contribution in [0.2, 0.25) is 0 Å². The summed E-state index contributed by atoms with van der Waals surface area (Å²) >= 11 is 3.33. The van der Waals surface area contributed by atoms with E-state index in [1.165, 1.54) is 0 Å². The highest BCUT2D eigenvalue weighted by Crippen LogP contribution is 2.10. The molecule has 22 heavy (non-hydrogen) atoms. The highest BCUT2D eigenvalue weighted by molar-refractivity contribution is 9.08. The van der Waals surface area contributed by atoms with Crippen LogP contribution in [0, 0.1) is 0 Å². The molecule has 2 aromatic carbocycles. The van der Waals surface area contributed by atoms with Crippen molar-refractivity contribution in [1.82, 2.24) is 5.32 Å². The molecule has 2 rings (SSSR count). The molecule has 0 bridgehead atoms. The van der Waals surface area contributed by atoms with E-state index < -0.39 is 12.0 Å². The minimum absolute atomic E-state index is 0.250. The van der Waals surface area contributed by atoms with Gasteiger partial charge in [0.1, 0.15) is 6.04 Å². The second kappa shape index (κ2) is 7.75. The van der Waals surface area contributed by atoms with Gasteiger partial charge in [-0.25, -0.2) is 4.79 Å². The molecule has 0 fully saturated rings. The molecule has 0 aromatic heterocycles. The topological polar surface area (TPSA) is 66.4 Å². The first-order chi connectivity index (χ1) is 10.6. The Hall–Kier alpha value is -2.14. The van der Waals surface area contributed by atoms with Crippen LogP contribution in [-0.4, -0.2) is 23.0 Å². The number of benzene rings is 2. The van der Waals surface area contributed by atoms with E-state index in [-0.39, 0.29) is 12.3 Å². The van der Waals surface area contributed by atoms with E-state index in [1.807, 2.05) is 36.4 Å². The molecule has 114 valence electrons. The fourth-order valence-electron chi connectivity index (χ4n) is 2.09. The Morgan fingerprint density at radius 3 is 2.36 bits per heavy atom. The van der Waals surface area contributed by atoms with Crippen LogP contribution in [0.3, 0.4) is 0 Å². The van der Waals surface area contributed by atoms with Gasteiger partial charge in [0.05, 0.1) is 0 Å². The molecule has 0 saturated heterocycles. The minimum atomic E-state index is -1.05. The molecule has 1 amide bonds. The van der Waals surface area contributed by atoms with Crippen LogP contribution >= 0.6 is 15.9 Å². The number of hydrogen-bond acceptors (Lipinski definition) is 2. The minimum Gasteiger partial charge on any atom is -0.480 e. The first-order valence-corrected chi connectivity index (χ1v) is 7.95. The van der Waals surface area contributed by atoms with Crippen molar-refractivity contribution in [1.29, 1.82) is 0 Å². The summed E-state index contributed by atoms with van der Waals surface area (Å²) in [4.78, 5) is 23.6. The average molecular weight is 362 g/mol. The van der Waals surface area contributed by atoms with Gasteiger partial charge in [0.2, 0.25) is 0 Å². The standard InChI is InChI=1S/C17H16BrNO3/c18-11-13-7-4-8-14(9-13)16(20)19-15(17(21)22)10-12-5-2-1-3-6-12/h1-9,15H,10-11H2,(H,19,20)(H,21,22)/t15-/m0/s1. The van der Waals surface area contributed by atoms with E-state index in [2.05, 4.69) is 21.2 Å². The molecule has 5 heteroatoms. The number of rotatable bonds is 6. The van der Waals surface area contributed by atoms with Crippen molar-refractivity contribution in [3.8, 4) is 0 Å². The van der Waals surface area contributed by atoms with Crippen molar-refractivity contribution in [2.45, 2.75) is 17.8 Å². The lowest BCUT2D eigenvalue weighted by atomic mass is 10.1. The fourth-order valence-corrected chi connectivity index (χ4v) is 2.44. The summed E-state index contributed by atoms with van der Waals surface area (Å²) in [5, 5.41) is 12.5. The predicted molar refractivity (Wildman–Crippen MR) is 88.1 cm³/mol. The first kappa shape index (κ1) is 16.2. The second-order valence-electron chi connectivity index (χ2n) is 4.89. The zero-order valence-corrected chi connectivity index (χ0v) is 13.4. The van der Waals surface area contributed by atoms with E-state index in [0.29, 0.717) is 10.9 Å². The van der Waals surface area contributed by atoms with Crippen LogP contribution in [0.15, 0.2) is 54.6 Å². The van der Waals surface area contributed by atoms with Crippen molar-refractivity contribution in [3.05, 3.63) is 71.3 Å². The Kier molecular flexibility index (Phi) is 5.72. The Morgan fingerprint density at radius 1 is 1.05 bits per heavy atom. The lowest BCUT2D eigenvalue weighted by Gasteiger charge is -2.15. The van der Waals surface area contributed by atoms with Crippen LogP contribution in [0.25, 0.3) is 0 Å². The van der Waals surface area contributed by atoms with Crippen molar-refractivity contribution in [2.75, 3.05) is 0 Å². The number of carbonyl (C=O) groups is 2. The molecule has 0 saturated carbocycles. The maximum atomic E-state index is 12.2. The van der Waals surface area contributed by atoms with E-state index in [9.17, 15) is 14.7 Å². The molecule has 1 atom stereocenters. The summed E-state index contributed by atoms with van der Waals surface area (Å²) in [7, 11) is 0. The summed E-state index contributed by atoms with van der Waals surface area (Å²) in [5.74, 6) is -1.43. The fraction of sp³-hybridized carbons (Fsp3) is 0.176. The van der Waals surface area contributed by atoms with Gasteiger partial charge in [-0.1, -0.05) is 58.4 Å². The summed E-state index contributed by atoms with van der Waals surface area (Å²) < 4.78 is 0. The van der Waals surface area contributed by atoms with Crippen LogP contribution in [0.1, 0.15) is 21.5 Å². The lowest BCUT2D eigenvalue weighted by Crippen LogP contribution is -2.42. The quantitative estimate of drug-likeness (QED) is 0.777. The molecule has 0 spiro atoms. The van der Waals surface area contributed by atoms with Gasteiger partial charge in [0.25, 0.3) is 5.91 Å². The molecule has 0 unspecified atom stereocenters. The molecular formula is C17H16BrNO3. The number of halogens is 1. The van der Waals surface area contributed by atoms with Crippen molar-refractivity contribution >= 4 is 27.8 Å². The second-order valence-corrected chi connectivity index (χ2v) is 5.45. The zero-order valence-electron chi connectivity index (χ0n) is 11.8. The van der Waals surface area contributed by atoms with Gasteiger partial charge < -0.3 is 10.4 Å². The van der Waals surface area contributed by atoms with Crippen molar-refractivity contribution in [2.24, 2.45) is 0 Å². The molecule has 0 radical (unpaired) electrons. The third-order valence-electron chi connectivity index (χ3n) is 3.23. The van der Waals surface area contributed by atoms with E-state index in [1.54, 1.807) is 18.2 Å². The molecule has 0 aliphatic rings. The molecule has 2 aromatic rings. The summed E-state index contributed by atoms with van der Waals surface area (Å²) in [6.07, 6.45) is 0.250. The van der Waals surface area contributed by atoms with Gasteiger partial charge in [-0.2, -0.15) is 0 Å². The summed E-state index contributed by atoms with van der Waals surface area (Å²) in [5.41, 5.74) is 2.28. The van der Waals surface area contributed by atoms with Gasteiger partial charge in [-0.15, -0.1) is 0 Å². The number of hydrogen-bond donors (Lipinski definition) is 2. The lowest BCUT2D eigenvalue weighted by molar-refractivity contribution is -0.139.